The molecule has 1 nitrogen and oxygen atoms in total. The molecule has 0 N–H and O–H groups in total. The summed E-state index contributed by atoms with van der Waals surface area (Å²) in [7, 11) is 0. The van der Waals surface area contributed by atoms with Crippen molar-refractivity contribution in [2.75, 3.05) is 0 Å². The van der Waals surface area contributed by atoms with Crippen molar-refractivity contribution in [2.45, 2.75) is 53.1 Å². The minimum Gasteiger partial charge on any atom is -0.230 e. The second-order valence-electron chi connectivity index (χ2n) is 4.45. The van der Waals surface area contributed by atoms with E-state index in [1.54, 1.807) is 13.8 Å². The van der Waals surface area contributed by atoms with E-state index in [-0.39, 0.29) is 5.41 Å². The van der Waals surface area contributed by atoms with Crippen LogP contribution < -0.4 is 0 Å². The molecule has 0 bridgehead atoms. The van der Waals surface area contributed by atoms with Crippen molar-refractivity contribution in [1.29, 1.82) is 0 Å². The van der Waals surface area contributed by atoms with Crippen molar-refractivity contribution in [3.63, 3.8) is 0 Å². The molecule has 0 unspecified atom stereocenters. The van der Waals surface area contributed by atoms with Crippen molar-refractivity contribution in [2.24, 2.45) is 5.41 Å². The molecule has 0 aromatic heterocycles. The Balaban J connectivity index is 3.89. The van der Waals surface area contributed by atoms with Gasteiger partial charge in [-0.25, -0.2) is 5.11 Å². The summed E-state index contributed by atoms with van der Waals surface area (Å²) in [5.74, 6) is 0. The Bertz CT molecular complexity index is 97.8. The fourth-order valence-corrected chi connectivity index (χ4v) is 1.28. The second kappa shape index (κ2) is 2.91. The first-order chi connectivity index (χ1) is 4.27. The predicted molar refractivity (Wildman–Crippen MR) is 43.5 cm³/mol. The van der Waals surface area contributed by atoms with Crippen LogP contribution >= 0.6 is 0 Å². The van der Waals surface area contributed by atoms with Gasteiger partial charge in [0.2, 0.25) is 0 Å². The van der Waals surface area contributed by atoms with E-state index in [9.17, 15) is 5.11 Å². The fraction of sp³-hybridized carbons (Fsp3) is 1.00. The first-order valence-corrected chi connectivity index (χ1v) is 3.97. The summed E-state index contributed by atoms with van der Waals surface area (Å²) in [6.45, 7) is 9.93. The van der Waals surface area contributed by atoms with E-state index in [0.29, 0.717) is 0 Å². The lowest BCUT2D eigenvalue weighted by atomic mass is 9.80. The van der Waals surface area contributed by atoms with Gasteiger partial charge in [0.15, 0.2) is 0 Å². The largest absolute Gasteiger partial charge is 0.230 e. The normalized spacial score (nSPS) is 13.8. The lowest BCUT2D eigenvalue weighted by Crippen LogP contribution is -2.26. The minimum atomic E-state index is -0.764. The molecule has 0 fully saturated rings. The molecule has 0 aliphatic heterocycles. The van der Waals surface area contributed by atoms with Crippen LogP contribution in [0.2, 0.25) is 0 Å². The van der Waals surface area contributed by atoms with Gasteiger partial charge in [0.05, 0.1) is 5.60 Å². The molecule has 0 rings (SSSR count). The van der Waals surface area contributed by atoms with Gasteiger partial charge in [0.1, 0.15) is 0 Å². The maximum atomic E-state index is 11.3. The third-order valence-corrected chi connectivity index (χ3v) is 1.86. The molecule has 1 heteroatoms. The molecular weight excluding hydrogens is 124 g/mol. The molecule has 0 aromatic rings. The molecule has 0 spiro atoms. The Kier molecular flexibility index (Phi) is 2.90. The Labute approximate surface area is 64.5 Å². The zero-order chi connectivity index (χ0) is 8.41. The van der Waals surface area contributed by atoms with Crippen LogP contribution in [0.25, 0.3) is 0 Å². The summed E-state index contributed by atoms with van der Waals surface area (Å²) < 4.78 is 0. The van der Waals surface area contributed by atoms with Crippen LogP contribution in [0.15, 0.2) is 0 Å². The van der Waals surface area contributed by atoms with E-state index < -0.39 is 5.60 Å². The Morgan fingerprint density at radius 1 is 1.10 bits per heavy atom. The van der Waals surface area contributed by atoms with Crippen LogP contribution in [0, 0.1) is 5.41 Å². The van der Waals surface area contributed by atoms with Crippen LogP contribution in [0.4, 0.5) is 0 Å². The van der Waals surface area contributed by atoms with Crippen LogP contribution in [-0.2, 0) is 5.11 Å². The van der Waals surface area contributed by atoms with E-state index in [2.05, 4.69) is 20.8 Å². The van der Waals surface area contributed by atoms with Gasteiger partial charge in [-0.2, -0.15) is 0 Å². The first kappa shape index (κ1) is 9.96. The SMILES string of the molecule is CCC(C)(C)CC(C)(C)[O]. The van der Waals surface area contributed by atoms with Gasteiger partial charge >= 0.3 is 0 Å². The smallest absolute Gasteiger partial charge is 0.0985 e. The summed E-state index contributed by atoms with van der Waals surface area (Å²) in [6, 6.07) is 0. The molecule has 0 atom stereocenters. The van der Waals surface area contributed by atoms with Crippen molar-refractivity contribution in [3.05, 3.63) is 0 Å². The van der Waals surface area contributed by atoms with E-state index in [1.807, 2.05) is 0 Å². The molecule has 0 aliphatic carbocycles. The molecular formula is C9H19O. The molecule has 61 valence electrons. The molecule has 0 aromatic carbocycles. The lowest BCUT2D eigenvalue weighted by Gasteiger charge is -2.28. The van der Waals surface area contributed by atoms with Crippen molar-refractivity contribution in [1.82, 2.24) is 0 Å². The van der Waals surface area contributed by atoms with Gasteiger partial charge in [-0.15, -0.1) is 0 Å². The number of hydrogen-bond donors (Lipinski definition) is 0. The van der Waals surface area contributed by atoms with Gasteiger partial charge in [0, 0.05) is 0 Å². The summed E-state index contributed by atoms with van der Waals surface area (Å²) >= 11 is 0. The van der Waals surface area contributed by atoms with E-state index >= 15 is 0 Å². The van der Waals surface area contributed by atoms with Gasteiger partial charge in [-0.3, -0.25) is 0 Å². The molecule has 0 aliphatic rings. The van der Waals surface area contributed by atoms with Crippen LogP contribution in [-0.4, -0.2) is 5.60 Å². The summed E-state index contributed by atoms with van der Waals surface area (Å²) in [4.78, 5) is 0. The summed E-state index contributed by atoms with van der Waals surface area (Å²) in [6.07, 6.45) is 1.84. The van der Waals surface area contributed by atoms with Gasteiger partial charge in [-0.05, 0) is 25.7 Å². The average molecular weight is 143 g/mol. The van der Waals surface area contributed by atoms with E-state index in [0.717, 1.165) is 12.8 Å². The van der Waals surface area contributed by atoms with E-state index in [1.165, 1.54) is 0 Å². The summed E-state index contributed by atoms with van der Waals surface area (Å²) in [5, 5.41) is 11.3. The highest BCUT2D eigenvalue weighted by molar-refractivity contribution is 4.76. The van der Waals surface area contributed by atoms with Crippen molar-refractivity contribution < 1.29 is 5.11 Å². The van der Waals surface area contributed by atoms with Gasteiger partial charge in [0.25, 0.3) is 0 Å². The van der Waals surface area contributed by atoms with Crippen LogP contribution in [0.5, 0.6) is 0 Å². The molecule has 1 radical (unpaired) electrons. The second-order valence-corrected chi connectivity index (χ2v) is 4.45. The Hall–Kier alpha value is -0.0400. The van der Waals surface area contributed by atoms with Gasteiger partial charge in [-0.1, -0.05) is 27.2 Å². The zero-order valence-electron chi connectivity index (χ0n) is 7.82. The van der Waals surface area contributed by atoms with Crippen molar-refractivity contribution >= 4 is 0 Å². The minimum absolute atomic E-state index is 0.214. The monoisotopic (exact) mass is 143 g/mol. The number of rotatable bonds is 3. The zero-order valence-corrected chi connectivity index (χ0v) is 7.82. The maximum Gasteiger partial charge on any atom is 0.0985 e. The molecule has 0 saturated heterocycles. The van der Waals surface area contributed by atoms with Crippen LogP contribution in [0.3, 0.4) is 0 Å². The topological polar surface area (TPSA) is 19.9 Å². The third kappa shape index (κ3) is 4.80. The fourth-order valence-electron chi connectivity index (χ4n) is 1.28. The highest BCUT2D eigenvalue weighted by Gasteiger charge is 2.26. The predicted octanol–water partition coefficient (Wildman–Crippen LogP) is 3.02. The first-order valence-electron chi connectivity index (χ1n) is 3.97. The molecule has 10 heavy (non-hydrogen) atoms. The average Bonchev–Trinajstić information content (AvgIpc) is 1.60. The third-order valence-electron chi connectivity index (χ3n) is 1.86. The van der Waals surface area contributed by atoms with Crippen LogP contribution in [0.1, 0.15) is 47.5 Å². The molecule has 0 amide bonds. The highest BCUT2D eigenvalue weighted by atomic mass is 16.3. The Morgan fingerprint density at radius 2 is 1.50 bits per heavy atom. The van der Waals surface area contributed by atoms with E-state index in [4.69, 9.17) is 0 Å². The van der Waals surface area contributed by atoms with Gasteiger partial charge < -0.3 is 0 Å². The number of hydrogen-bond acceptors (Lipinski definition) is 0. The lowest BCUT2D eigenvalue weighted by molar-refractivity contribution is -0.0313. The van der Waals surface area contributed by atoms with Crippen molar-refractivity contribution in [3.8, 4) is 0 Å². The summed E-state index contributed by atoms with van der Waals surface area (Å²) in [5.41, 5.74) is -0.551. The standard InChI is InChI=1S/C9H19O/c1-6-8(2,3)7-9(4,5)10/h6-7H2,1-5H3. The Morgan fingerprint density at radius 3 is 1.60 bits per heavy atom. The molecule has 0 heterocycles. The highest BCUT2D eigenvalue weighted by Crippen LogP contribution is 2.30. The molecule has 0 saturated carbocycles. The maximum absolute atomic E-state index is 11.3. The quantitative estimate of drug-likeness (QED) is 0.578.